The molecule has 0 bridgehead atoms. The molecule has 2 fully saturated rings. The van der Waals surface area contributed by atoms with Gasteiger partial charge in [-0.05, 0) is 80.4 Å². The van der Waals surface area contributed by atoms with Crippen molar-refractivity contribution in [3.05, 3.63) is 47.0 Å². The summed E-state index contributed by atoms with van der Waals surface area (Å²) < 4.78 is 72.2. The van der Waals surface area contributed by atoms with E-state index in [0.29, 0.717) is 23.5 Å². The molecule has 0 spiro atoms. The molecule has 1 saturated carbocycles. The Balaban J connectivity index is 1.34. The standard InChI is InChI=1S/C31H33F5O/c1-2-3-4-5-23-11-15-29(37-20-23)24-12-8-21(9-13-24)6-7-22-10-14-26-25(18-22)19-28(32)27(30(26)33)16-17-31(34,35)36/h10,14,18-19,21,23-24,29H,2-5,8-9,11-13,15,20H2,1H3. The van der Waals surface area contributed by atoms with Crippen molar-refractivity contribution in [3.63, 3.8) is 0 Å². The molecule has 0 amide bonds. The highest BCUT2D eigenvalue weighted by molar-refractivity contribution is 5.86. The number of benzene rings is 2. The highest BCUT2D eigenvalue weighted by atomic mass is 19.4. The second-order valence-corrected chi connectivity index (χ2v) is 10.4. The van der Waals surface area contributed by atoms with Crippen molar-refractivity contribution in [1.82, 2.24) is 0 Å². The van der Waals surface area contributed by atoms with Crippen LogP contribution in [0.5, 0.6) is 0 Å². The Hall–Kier alpha value is -2.57. The molecule has 1 saturated heterocycles. The molecule has 0 aromatic heterocycles. The van der Waals surface area contributed by atoms with Gasteiger partial charge in [0.15, 0.2) is 0 Å². The summed E-state index contributed by atoms with van der Waals surface area (Å²) in [5.74, 6) is 8.30. The van der Waals surface area contributed by atoms with Crippen molar-refractivity contribution in [3.8, 4) is 23.7 Å². The summed E-state index contributed by atoms with van der Waals surface area (Å²) in [6, 6.07) is 5.59. The SMILES string of the molecule is CCCCCC1CCC(C2CCC(C#Cc3ccc4c(F)c(C#CC(F)(F)F)c(F)cc4c3)CC2)OC1. The Morgan fingerprint density at radius 2 is 1.73 bits per heavy atom. The van der Waals surface area contributed by atoms with Gasteiger partial charge >= 0.3 is 6.18 Å². The molecule has 2 aliphatic rings. The third-order valence-electron chi connectivity index (χ3n) is 7.70. The van der Waals surface area contributed by atoms with Crippen molar-refractivity contribution in [2.75, 3.05) is 6.61 Å². The van der Waals surface area contributed by atoms with E-state index >= 15 is 0 Å². The summed E-state index contributed by atoms with van der Waals surface area (Å²) in [7, 11) is 0. The van der Waals surface area contributed by atoms with E-state index in [1.54, 1.807) is 18.1 Å². The van der Waals surface area contributed by atoms with E-state index < -0.39 is 23.4 Å². The molecule has 198 valence electrons. The molecule has 2 atom stereocenters. The van der Waals surface area contributed by atoms with Gasteiger partial charge in [-0.3, -0.25) is 0 Å². The van der Waals surface area contributed by atoms with Crippen LogP contribution < -0.4 is 0 Å². The molecule has 6 heteroatoms. The average molecular weight is 517 g/mol. The maximum absolute atomic E-state index is 14.6. The number of hydrogen-bond donors (Lipinski definition) is 0. The van der Waals surface area contributed by atoms with E-state index in [-0.39, 0.29) is 16.7 Å². The minimum Gasteiger partial charge on any atom is -0.378 e. The highest BCUT2D eigenvalue weighted by Gasteiger charge is 2.31. The van der Waals surface area contributed by atoms with E-state index in [2.05, 4.69) is 18.8 Å². The number of fused-ring (bicyclic) bond motifs is 1. The average Bonchev–Trinajstić information content (AvgIpc) is 2.87. The lowest BCUT2D eigenvalue weighted by atomic mass is 9.77. The first-order valence-electron chi connectivity index (χ1n) is 13.4. The van der Waals surface area contributed by atoms with Crippen molar-refractivity contribution >= 4 is 10.8 Å². The minimum atomic E-state index is -4.83. The van der Waals surface area contributed by atoms with E-state index in [1.807, 2.05) is 0 Å². The molecule has 2 aromatic carbocycles. The molecule has 2 aromatic rings. The van der Waals surface area contributed by atoms with E-state index in [9.17, 15) is 22.0 Å². The lowest BCUT2D eigenvalue weighted by Gasteiger charge is -2.37. The van der Waals surface area contributed by atoms with Gasteiger partial charge in [0.05, 0.1) is 11.7 Å². The predicted octanol–water partition coefficient (Wildman–Crippen LogP) is 8.57. The molecule has 1 nitrogen and oxygen atoms in total. The van der Waals surface area contributed by atoms with Crippen LogP contribution in [0.2, 0.25) is 0 Å². The molecule has 4 rings (SSSR count). The zero-order valence-corrected chi connectivity index (χ0v) is 21.2. The van der Waals surface area contributed by atoms with Gasteiger partial charge in [0.1, 0.15) is 11.6 Å². The number of alkyl halides is 3. The molecular weight excluding hydrogens is 483 g/mol. The zero-order valence-electron chi connectivity index (χ0n) is 21.2. The third-order valence-corrected chi connectivity index (χ3v) is 7.70. The smallest absolute Gasteiger partial charge is 0.378 e. The van der Waals surface area contributed by atoms with Crippen LogP contribution >= 0.6 is 0 Å². The van der Waals surface area contributed by atoms with Gasteiger partial charge in [-0.15, -0.1) is 0 Å². The number of halogens is 5. The number of ether oxygens (including phenoxy) is 1. The number of unbranched alkanes of at least 4 members (excludes halogenated alkanes) is 2. The van der Waals surface area contributed by atoms with Crippen LogP contribution in [-0.4, -0.2) is 18.9 Å². The first kappa shape index (κ1) is 27.5. The van der Waals surface area contributed by atoms with Crippen LogP contribution in [0.25, 0.3) is 10.8 Å². The van der Waals surface area contributed by atoms with Gasteiger partial charge in [-0.1, -0.05) is 50.0 Å². The van der Waals surface area contributed by atoms with Gasteiger partial charge in [0, 0.05) is 29.4 Å². The fraction of sp³-hybridized carbons (Fsp3) is 0.548. The summed E-state index contributed by atoms with van der Waals surface area (Å²) in [6.07, 6.45) is 7.33. The maximum atomic E-state index is 14.6. The summed E-state index contributed by atoms with van der Waals surface area (Å²) in [5, 5.41) is 0.254. The quantitative estimate of drug-likeness (QED) is 0.220. The molecule has 0 radical (unpaired) electrons. The normalized spacial score (nSPS) is 24.2. The highest BCUT2D eigenvalue weighted by Crippen LogP contribution is 2.36. The first-order chi connectivity index (χ1) is 17.7. The van der Waals surface area contributed by atoms with E-state index in [1.165, 1.54) is 38.2 Å². The lowest BCUT2D eigenvalue weighted by molar-refractivity contribution is -0.0696. The largest absolute Gasteiger partial charge is 0.458 e. The molecule has 1 aliphatic heterocycles. The molecule has 1 aliphatic carbocycles. The van der Waals surface area contributed by atoms with Crippen molar-refractivity contribution < 1.29 is 26.7 Å². The number of rotatable bonds is 5. The molecule has 37 heavy (non-hydrogen) atoms. The van der Waals surface area contributed by atoms with Crippen LogP contribution in [0.15, 0.2) is 24.3 Å². The van der Waals surface area contributed by atoms with Gasteiger partial charge in [0.2, 0.25) is 0 Å². The molecule has 0 N–H and O–H groups in total. The van der Waals surface area contributed by atoms with E-state index in [0.717, 1.165) is 50.7 Å². The Kier molecular flexibility index (Phi) is 9.14. The molecule has 2 unspecified atom stereocenters. The van der Waals surface area contributed by atoms with Gasteiger partial charge < -0.3 is 4.74 Å². The van der Waals surface area contributed by atoms with Crippen molar-refractivity contribution in [2.45, 2.75) is 83.4 Å². The Morgan fingerprint density at radius 1 is 0.946 bits per heavy atom. The molecular formula is C31H33F5O. The lowest BCUT2D eigenvalue weighted by Crippen LogP contribution is -2.34. The summed E-state index contributed by atoms with van der Waals surface area (Å²) in [6.45, 7) is 3.13. The second-order valence-electron chi connectivity index (χ2n) is 10.4. The monoisotopic (exact) mass is 516 g/mol. The van der Waals surface area contributed by atoms with Crippen molar-refractivity contribution in [2.24, 2.45) is 17.8 Å². The summed E-state index contributed by atoms with van der Waals surface area (Å²) >= 11 is 0. The van der Waals surface area contributed by atoms with Gasteiger partial charge in [-0.2, -0.15) is 13.2 Å². The first-order valence-corrected chi connectivity index (χ1v) is 13.4. The van der Waals surface area contributed by atoms with Crippen LogP contribution in [-0.2, 0) is 4.74 Å². The maximum Gasteiger partial charge on any atom is 0.458 e. The fourth-order valence-electron chi connectivity index (χ4n) is 5.59. The van der Waals surface area contributed by atoms with Gasteiger partial charge in [-0.25, -0.2) is 8.78 Å². The Bertz CT molecular complexity index is 1190. The second kappa shape index (κ2) is 12.3. The van der Waals surface area contributed by atoms with E-state index in [4.69, 9.17) is 4.74 Å². The van der Waals surface area contributed by atoms with Gasteiger partial charge in [0.25, 0.3) is 0 Å². The van der Waals surface area contributed by atoms with Crippen molar-refractivity contribution in [1.29, 1.82) is 0 Å². The van der Waals surface area contributed by atoms with Crippen LogP contribution in [0.1, 0.15) is 82.3 Å². The zero-order chi connectivity index (χ0) is 26.4. The fourth-order valence-corrected chi connectivity index (χ4v) is 5.59. The number of hydrogen-bond acceptors (Lipinski definition) is 1. The van der Waals surface area contributed by atoms with Crippen LogP contribution in [0.3, 0.4) is 0 Å². The Morgan fingerprint density at radius 3 is 2.41 bits per heavy atom. The molecule has 1 heterocycles. The summed E-state index contributed by atoms with van der Waals surface area (Å²) in [5.41, 5.74) is -0.262. The predicted molar refractivity (Wildman–Crippen MR) is 136 cm³/mol. The van der Waals surface area contributed by atoms with Crippen LogP contribution in [0, 0.1) is 53.1 Å². The Labute approximate surface area is 216 Å². The minimum absolute atomic E-state index is 0.0130. The topological polar surface area (TPSA) is 9.23 Å². The third kappa shape index (κ3) is 7.48. The summed E-state index contributed by atoms with van der Waals surface area (Å²) in [4.78, 5) is 0. The van der Waals surface area contributed by atoms with Crippen LogP contribution in [0.4, 0.5) is 22.0 Å².